The van der Waals surface area contributed by atoms with E-state index in [4.69, 9.17) is 0 Å². The van der Waals surface area contributed by atoms with E-state index in [0.29, 0.717) is 18.8 Å². The molecule has 6 heteroatoms. The molecule has 0 atom stereocenters. The molecule has 1 amide bonds. The first-order chi connectivity index (χ1) is 15.0. The second kappa shape index (κ2) is 9.29. The minimum atomic E-state index is -3.45. The highest BCUT2D eigenvalue weighted by Crippen LogP contribution is 2.22. The normalized spacial score (nSPS) is 14.7. The van der Waals surface area contributed by atoms with Gasteiger partial charge in [-0.15, -0.1) is 0 Å². The summed E-state index contributed by atoms with van der Waals surface area (Å²) in [5.41, 5.74) is 3.73. The van der Waals surface area contributed by atoms with E-state index < -0.39 is 10.0 Å². The summed E-state index contributed by atoms with van der Waals surface area (Å²) >= 11 is 0. The number of hydrogen-bond acceptors (Lipinski definition) is 3. The van der Waals surface area contributed by atoms with Crippen LogP contribution >= 0.6 is 0 Å². The standard InChI is InChI=1S/C25H24N2O3S/c28-25(17-10-20-8-11-22(12-9-20)21-6-2-1-3-7-21)26-23-13-15-24(16-14-23)31(29,30)27-18-4-5-19-27/h1-3,6-17H,4-5,18-19H2,(H,26,28). The summed E-state index contributed by atoms with van der Waals surface area (Å²) in [5.74, 6) is -0.276. The highest BCUT2D eigenvalue weighted by Gasteiger charge is 2.26. The summed E-state index contributed by atoms with van der Waals surface area (Å²) in [7, 11) is -3.45. The quantitative estimate of drug-likeness (QED) is 0.570. The van der Waals surface area contributed by atoms with Crippen LogP contribution in [0.2, 0.25) is 0 Å². The van der Waals surface area contributed by atoms with Crippen LogP contribution in [0.1, 0.15) is 18.4 Å². The number of amides is 1. The monoisotopic (exact) mass is 432 g/mol. The summed E-state index contributed by atoms with van der Waals surface area (Å²) in [5, 5.41) is 2.76. The Bertz CT molecular complexity index is 1160. The number of nitrogens with zero attached hydrogens (tertiary/aromatic N) is 1. The highest BCUT2D eigenvalue weighted by molar-refractivity contribution is 7.89. The summed E-state index contributed by atoms with van der Waals surface area (Å²) < 4.78 is 26.6. The topological polar surface area (TPSA) is 66.5 Å². The third-order valence-corrected chi connectivity index (χ3v) is 7.18. The fourth-order valence-corrected chi connectivity index (χ4v) is 5.08. The molecular formula is C25H24N2O3S. The molecule has 0 bridgehead atoms. The molecule has 5 nitrogen and oxygen atoms in total. The van der Waals surface area contributed by atoms with Crippen molar-refractivity contribution in [1.29, 1.82) is 0 Å². The zero-order valence-corrected chi connectivity index (χ0v) is 17.9. The Hall–Kier alpha value is -3.22. The maximum absolute atomic E-state index is 12.6. The first kappa shape index (κ1) is 21.0. The van der Waals surface area contributed by atoms with Crippen LogP contribution in [0, 0.1) is 0 Å². The van der Waals surface area contributed by atoms with Crippen molar-refractivity contribution in [1.82, 2.24) is 4.31 Å². The Morgan fingerprint density at radius 3 is 2.06 bits per heavy atom. The number of rotatable bonds is 6. The number of hydrogen-bond donors (Lipinski definition) is 1. The van der Waals surface area contributed by atoms with E-state index in [1.165, 1.54) is 22.5 Å². The average molecular weight is 433 g/mol. The highest BCUT2D eigenvalue weighted by atomic mass is 32.2. The fraction of sp³-hybridized carbons (Fsp3) is 0.160. The molecule has 31 heavy (non-hydrogen) atoms. The molecule has 4 rings (SSSR count). The predicted molar refractivity (Wildman–Crippen MR) is 124 cm³/mol. The molecule has 0 aromatic heterocycles. The predicted octanol–water partition coefficient (Wildman–Crippen LogP) is 4.79. The Balaban J connectivity index is 1.37. The number of benzene rings is 3. The van der Waals surface area contributed by atoms with E-state index in [-0.39, 0.29) is 10.8 Å². The van der Waals surface area contributed by atoms with Crippen molar-refractivity contribution in [3.8, 4) is 11.1 Å². The molecule has 3 aromatic rings. The Kier molecular flexibility index (Phi) is 6.30. The van der Waals surface area contributed by atoms with E-state index >= 15 is 0 Å². The lowest BCUT2D eigenvalue weighted by Gasteiger charge is -2.15. The van der Waals surface area contributed by atoms with Crippen molar-refractivity contribution in [3.63, 3.8) is 0 Å². The first-order valence-corrected chi connectivity index (χ1v) is 11.7. The summed E-state index contributed by atoms with van der Waals surface area (Å²) in [6.45, 7) is 1.13. The van der Waals surface area contributed by atoms with Gasteiger partial charge in [0, 0.05) is 24.9 Å². The summed E-state index contributed by atoms with van der Waals surface area (Å²) in [4.78, 5) is 12.5. The zero-order chi connectivity index (χ0) is 21.7. The second-order valence-corrected chi connectivity index (χ2v) is 9.38. The SMILES string of the molecule is O=C(C=Cc1ccc(-c2ccccc2)cc1)Nc1ccc(S(=O)(=O)N2CCCC2)cc1. The van der Waals surface area contributed by atoms with E-state index in [2.05, 4.69) is 17.4 Å². The number of anilines is 1. The summed E-state index contributed by atoms with van der Waals surface area (Å²) in [6.07, 6.45) is 5.01. The van der Waals surface area contributed by atoms with E-state index in [0.717, 1.165) is 29.5 Å². The van der Waals surface area contributed by atoms with Crippen molar-refractivity contribution in [2.24, 2.45) is 0 Å². The van der Waals surface area contributed by atoms with Gasteiger partial charge in [0.2, 0.25) is 15.9 Å². The van der Waals surface area contributed by atoms with Gasteiger partial charge in [0.15, 0.2) is 0 Å². The van der Waals surface area contributed by atoms with Crippen molar-refractivity contribution < 1.29 is 13.2 Å². The maximum atomic E-state index is 12.6. The number of carbonyl (C=O) groups excluding carboxylic acids is 1. The van der Waals surface area contributed by atoms with Gasteiger partial charge in [-0.25, -0.2) is 8.42 Å². The molecule has 3 aromatic carbocycles. The molecule has 158 valence electrons. The molecule has 0 unspecified atom stereocenters. The van der Waals surface area contributed by atoms with Crippen LogP contribution in [0.15, 0.2) is 89.8 Å². The summed E-state index contributed by atoms with van der Waals surface area (Å²) in [6, 6.07) is 24.4. The molecule has 1 aliphatic heterocycles. The van der Waals surface area contributed by atoms with Crippen molar-refractivity contribution in [3.05, 3.63) is 90.5 Å². The lowest BCUT2D eigenvalue weighted by Crippen LogP contribution is -2.27. The molecule has 0 radical (unpaired) electrons. The van der Waals surface area contributed by atoms with Crippen LogP contribution < -0.4 is 5.32 Å². The van der Waals surface area contributed by atoms with Gasteiger partial charge < -0.3 is 5.32 Å². The smallest absolute Gasteiger partial charge is 0.248 e. The van der Waals surface area contributed by atoms with Gasteiger partial charge in [-0.2, -0.15) is 4.31 Å². The van der Waals surface area contributed by atoms with E-state index in [9.17, 15) is 13.2 Å². The number of nitrogens with one attached hydrogen (secondary N) is 1. The van der Waals surface area contributed by atoms with Gasteiger partial charge in [0.1, 0.15) is 0 Å². The van der Waals surface area contributed by atoms with Crippen LogP contribution in [0.5, 0.6) is 0 Å². The lowest BCUT2D eigenvalue weighted by atomic mass is 10.0. The first-order valence-electron chi connectivity index (χ1n) is 10.3. The second-order valence-electron chi connectivity index (χ2n) is 7.45. The molecule has 1 aliphatic rings. The third kappa shape index (κ3) is 5.10. The van der Waals surface area contributed by atoms with Gasteiger partial charge >= 0.3 is 0 Å². The van der Waals surface area contributed by atoms with Crippen LogP contribution in [-0.4, -0.2) is 31.7 Å². The average Bonchev–Trinajstić information content (AvgIpc) is 3.35. The Morgan fingerprint density at radius 1 is 0.806 bits per heavy atom. The van der Waals surface area contributed by atoms with Crippen LogP contribution in [0.3, 0.4) is 0 Å². The molecule has 0 aliphatic carbocycles. The Labute approximate surface area is 183 Å². The molecule has 1 fully saturated rings. The van der Waals surface area contributed by atoms with Crippen molar-refractivity contribution in [2.75, 3.05) is 18.4 Å². The van der Waals surface area contributed by atoms with Gasteiger partial charge in [-0.1, -0.05) is 54.6 Å². The van der Waals surface area contributed by atoms with E-state index in [1.807, 2.05) is 42.5 Å². The van der Waals surface area contributed by atoms with Gasteiger partial charge in [-0.3, -0.25) is 4.79 Å². The van der Waals surface area contributed by atoms with Crippen LogP contribution in [0.4, 0.5) is 5.69 Å². The Morgan fingerprint density at radius 2 is 1.42 bits per heavy atom. The molecule has 1 N–H and O–H groups in total. The fourth-order valence-electron chi connectivity index (χ4n) is 3.56. The molecule has 1 heterocycles. The van der Waals surface area contributed by atoms with Gasteiger partial charge in [0.25, 0.3) is 0 Å². The van der Waals surface area contributed by atoms with Gasteiger partial charge in [0.05, 0.1) is 4.90 Å². The lowest BCUT2D eigenvalue weighted by molar-refractivity contribution is -0.111. The maximum Gasteiger partial charge on any atom is 0.248 e. The van der Waals surface area contributed by atoms with Crippen molar-refractivity contribution in [2.45, 2.75) is 17.7 Å². The zero-order valence-electron chi connectivity index (χ0n) is 17.1. The largest absolute Gasteiger partial charge is 0.323 e. The number of carbonyl (C=O) groups is 1. The van der Waals surface area contributed by atoms with Gasteiger partial charge in [-0.05, 0) is 59.9 Å². The minimum absolute atomic E-state index is 0.251. The third-order valence-electron chi connectivity index (χ3n) is 5.27. The minimum Gasteiger partial charge on any atom is -0.323 e. The molecular weight excluding hydrogens is 408 g/mol. The molecule has 1 saturated heterocycles. The van der Waals surface area contributed by atoms with Crippen LogP contribution in [0.25, 0.3) is 17.2 Å². The molecule has 0 spiro atoms. The van der Waals surface area contributed by atoms with Crippen LogP contribution in [-0.2, 0) is 14.8 Å². The van der Waals surface area contributed by atoms with E-state index in [1.54, 1.807) is 18.2 Å². The molecule has 0 saturated carbocycles. The van der Waals surface area contributed by atoms with Crippen molar-refractivity contribution >= 4 is 27.7 Å². The number of sulfonamides is 1.